The Morgan fingerprint density at radius 1 is 0.833 bits per heavy atom. The maximum atomic E-state index is 12.0. The number of nitrogens with one attached hydrogen (secondary N) is 4. The highest BCUT2D eigenvalue weighted by atomic mass is 16.2. The molecule has 0 atom stereocenters. The van der Waals surface area contributed by atoms with Crippen molar-refractivity contribution in [2.24, 2.45) is 0 Å². The van der Waals surface area contributed by atoms with Crippen LogP contribution in [0.1, 0.15) is 25.7 Å². The molecule has 1 saturated heterocycles. The van der Waals surface area contributed by atoms with E-state index in [0.29, 0.717) is 17.4 Å². The molecule has 130 valence electrons. The lowest BCUT2D eigenvalue weighted by atomic mass is 10.1. The normalized spacial score (nSPS) is 18.7. The average molecular weight is 331 g/mol. The van der Waals surface area contributed by atoms with Crippen LogP contribution in [0.25, 0.3) is 0 Å². The third-order valence-electron chi connectivity index (χ3n) is 4.37. The standard InChI is InChI=1S/C17H25N5O2/c1-22-10-8-15(9-11-22)21-17(24)20-14-6-4-13(5-7-14)19-16(23)18-12-2-3-12/h4-7,12,15H,2-3,8-11H2,1H3,(H2,18,19,23)(H2,20,21,24). The molecule has 0 spiro atoms. The fraction of sp³-hybridized carbons (Fsp3) is 0.529. The Morgan fingerprint density at radius 3 is 1.67 bits per heavy atom. The van der Waals surface area contributed by atoms with Crippen LogP contribution in [0.3, 0.4) is 0 Å². The molecule has 1 aromatic carbocycles. The van der Waals surface area contributed by atoms with Crippen molar-refractivity contribution < 1.29 is 9.59 Å². The fourth-order valence-corrected chi connectivity index (χ4v) is 2.72. The van der Waals surface area contributed by atoms with E-state index in [1.54, 1.807) is 24.3 Å². The van der Waals surface area contributed by atoms with Gasteiger partial charge < -0.3 is 26.2 Å². The van der Waals surface area contributed by atoms with Crippen LogP contribution in [-0.2, 0) is 0 Å². The molecule has 1 aliphatic heterocycles. The molecular weight excluding hydrogens is 306 g/mol. The lowest BCUT2D eigenvalue weighted by molar-refractivity contribution is 0.221. The van der Waals surface area contributed by atoms with Crippen molar-refractivity contribution in [3.05, 3.63) is 24.3 Å². The quantitative estimate of drug-likeness (QED) is 0.682. The molecule has 1 saturated carbocycles. The first-order valence-corrected chi connectivity index (χ1v) is 8.52. The lowest BCUT2D eigenvalue weighted by Gasteiger charge is -2.29. The van der Waals surface area contributed by atoms with Crippen molar-refractivity contribution in [2.75, 3.05) is 30.8 Å². The predicted octanol–water partition coefficient (Wildman–Crippen LogP) is 2.19. The van der Waals surface area contributed by atoms with Crippen molar-refractivity contribution in [3.8, 4) is 0 Å². The van der Waals surface area contributed by atoms with Crippen LogP contribution in [0.5, 0.6) is 0 Å². The van der Waals surface area contributed by atoms with Crippen molar-refractivity contribution >= 4 is 23.4 Å². The van der Waals surface area contributed by atoms with Crippen LogP contribution in [0.2, 0.25) is 0 Å². The molecule has 2 fully saturated rings. The van der Waals surface area contributed by atoms with Gasteiger partial charge in [-0.3, -0.25) is 0 Å². The first-order valence-electron chi connectivity index (χ1n) is 8.52. The summed E-state index contributed by atoms with van der Waals surface area (Å²) in [7, 11) is 2.09. The molecule has 24 heavy (non-hydrogen) atoms. The van der Waals surface area contributed by atoms with Gasteiger partial charge in [-0.15, -0.1) is 0 Å². The zero-order valence-electron chi connectivity index (χ0n) is 14.0. The third kappa shape index (κ3) is 5.13. The molecule has 4 N–H and O–H groups in total. The molecule has 7 nitrogen and oxygen atoms in total. The Balaban J connectivity index is 1.43. The smallest absolute Gasteiger partial charge is 0.319 e. The number of carbonyl (C=O) groups excluding carboxylic acids is 2. The highest BCUT2D eigenvalue weighted by Gasteiger charge is 2.23. The molecule has 2 aliphatic rings. The summed E-state index contributed by atoms with van der Waals surface area (Å²) in [6.07, 6.45) is 4.07. The molecule has 1 aliphatic carbocycles. The van der Waals surface area contributed by atoms with Gasteiger partial charge in [-0.25, -0.2) is 9.59 Å². The maximum absolute atomic E-state index is 12.0. The monoisotopic (exact) mass is 331 g/mol. The van der Waals surface area contributed by atoms with E-state index in [1.807, 2.05) is 0 Å². The lowest BCUT2D eigenvalue weighted by Crippen LogP contribution is -2.44. The van der Waals surface area contributed by atoms with E-state index < -0.39 is 0 Å². The summed E-state index contributed by atoms with van der Waals surface area (Å²) in [5.74, 6) is 0. The van der Waals surface area contributed by atoms with Gasteiger partial charge in [0.2, 0.25) is 0 Å². The van der Waals surface area contributed by atoms with Crippen LogP contribution in [0.4, 0.5) is 21.0 Å². The molecule has 1 heterocycles. The van der Waals surface area contributed by atoms with Gasteiger partial charge in [0, 0.05) is 23.5 Å². The molecule has 1 aromatic rings. The number of rotatable bonds is 4. The molecule has 0 radical (unpaired) electrons. The first kappa shape index (κ1) is 16.6. The number of likely N-dealkylation sites (tertiary alicyclic amines) is 1. The minimum Gasteiger partial charge on any atom is -0.335 e. The number of hydrogen-bond donors (Lipinski definition) is 4. The van der Waals surface area contributed by atoms with Gasteiger partial charge in [0.1, 0.15) is 0 Å². The topological polar surface area (TPSA) is 85.5 Å². The number of hydrogen-bond acceptors (Lipinski definition) is 3. The predicted molar refractivity (Wildman–Crippen MR) is 94.3 cm³/mol. The van der Waals surface area contributed by atoms with Crippen LogP contribution in [-0.4, -0.2) is 49.2 Å². The van der Waals surface area contributed by atoms with E-state index in [0.717, 1.165) is 38.8 Å². The van der Waals surface area contributed by atoms with Crippen LogP contribution >= 0.6 is 0 Å². The van der Waals surface area contributed by atoms with Crippen LogP contribution in [0, 0.1) is 0 Å². The van der Waals surface area contributed by atoms with Crippen molar-refractivity contribution in [3.63, 3.8) is 0 Å². The van der Waals surface area contributed by atoms with E-state index in [4.69, 9.17) is 0 Å². The van der Waals surface area contributed by atoms with Crippen molar-refractivity contribution in [2.45, 2.75) is 37.8 Å². The third-order valence-corrected chi connectivity index (χ3v) is 4.37. The van der Waals surface area contributed by atoms with E-state index in [9.17, 15) is 9.59 Å². The number of nitrogens with zero attached hydrogens (tertiary/aromatic N) is 1. The van der Waals surface area contributed by atoms with E-state index in [-0.39, 0.29) is 18.1 Å². The molecule has 0 unspecified atom stereocenters. The number of piperidine rings is 1. The number of urea groups is 2. The highest BCUT2D eigenvalue weighted by molar-refractivity contribution is 5.91. The van der Waals surface area contributed by atoms with E-state index in [1.165, 1.54) is 0 Å². The van der Waals surface area contributed by atoms with Crippen LogP contribution < -0.4 is 21.3 Å². The van der Waals surface area contributed by atoms with Gasteiger partial charge in [0.25, 0.3) is 0 Å². The van der Waals surface area contributed by atoms with Gasteiger partial charge in [0.05, 0.1) is 0 Å². The number of benzene rings is 1. The Morgan fingerprint density at radius 2 is 1.25 bits per heavy atom. The molecule has 0 aromatic heterocycles. The van der Waals surface area contributed by atoms with Gasteiger partial charge in [-0.1, -0.05) is 0 Å². The Labute approximate surface area is 142 Å². The van der Waals surface area contributed by atoms with Gasteiger partial charge in [-0.2, -0.15) is 0 Å². The summed E-state index contributed by atoms with van der Waals surface area (Å²) in [4.78, 5) is 26.0. The number of carbonyl (C=O) groups is 2. The molecule has 7 heteroatoms. The van der Waals surface area contributed by atoms with Gasteiger partial charge in [0.15, 0.2) is 0 Å². The fourth-order valence-electron chi connectivity index (χ4n) is 2.72. The highest BCUT2D eigenvalue weighted by Crippen LogP contribution is 2.19. The summed E-state index contributed by atoms with van der Waals surface area (Å²) in [5, 5.41) is 11.5. The van der Waals surface area contributed by atoms with E-state index in [2.05, 4.69) is 33.2 Å². The average Bonchev–Trinajstić information content (AvgIpc) is 3.35. The first-order chi connectivity index (χ1) is 11.6. The largest absolute Gasteiger partial charge is 0.335 e. The molecule has 3 rings (SSSR count). The minimum atomic E-state index is -0.184. The van der Waals surface area contributed by atoms with Crippen LogP contribution in [0.15, 0.2) is 24.3 Å². The zero-order valence-corrected chi connectivity index (χ0v) is 14.0. The van der Waals surface area contributed by atoms with Gasteiger partial charge in [-0.05, 0) is 70.1 Å². The molecule has 0 bridgehead atoms. The summed E-state index contributed by atoms with van der Waals surface area (Å²) in [5.41, 5.74) is 1.41. The number of amides is 4. The van der Waals surface area contributed by atoms with Gasteiger partial charge >= 0.3 is 12.1 Å². The number of anilines is 2. The SMILES string of the molecule is CN1CCC(NC(=O)Nc2ccc(NC(=O)NC3CC3)cc2)CC1. The second-order valence-corrected chi connectivity index (χ2v) is 6.63. The summed E-state index contributed by atoms with van der Waals surface area (Å²) in [6.45, 7) is 2.02. The molecular formula is C17H25N5O2. The van der Waals surface area contributed by atoms with Crippen molar-refractivity contribution in [1.29, 1.82) is 0 Å². The summed E-state index contributed by atoms with van der Waals surface area (Å²) >= 11 is 0. The summed E-state index contributed by atoms with van der Waals surface area (Å²) in [6, 6.07) is 7.30. The second-order valence-electron chi connectivity index (χ2n) is 6.63. The maximum Gasteiger partial charge on any atom is 0.319 e. The van der Waals surface area contributed by atoms with E-state index >= 15 is 0 Å². The van der Waals surface area contributed by atoms with Crippen molar-refractivity contribution in [1.82, 2.24) is 15.5 Å². The minimum absolute atomic E-state index is 0.182. The Hall–Kier alpha value is -2.28. The molecule has 4 amide bonds. The Bertz CT molecular complexity index is 577. The summed E-state index contributed by atoms with van der Waals surface area (Å²) < 4.78 is 0. The Kier molecular flexibility index (Phi) is 5.20. The second kappa shape index (κ2) is 7.53. The zero-order chi connectivity index (χ0) is 16.9.